The molecule has 1 aromatic heterocycles. The molecule has 0 fully saturated rings. The number of hydrogen-bond acceptors (Lipinski definition) is 5. The number of hydrogen-bond donors (Lipinski definition) is 1. The van der Waals surface area contributed by atoms with E-state index in [0.29, 0.717) is 39.5 Å². The summed E-state index contributed by atoms with van der Waals surface area (Å²) in [7, 11) is 0. The Balaban J connectivity index is 1.70. The van der Waals surface area contributed by atoms with E-state index in [1.54, 1.807) is 18.3 Å². The highest BCUT2D eigenvalue weighted by Gasteiger charge is 2.14. The maximum atomic E-state index is 12.7. The SMILES string of the molecule is CCCCOc1ccccc1/C=C(\C#N)C(=O)Nc1ncc(Cc2ccc(Cl)cc2Cl)s1. The fourth-order valence-electron chi connectivity index (χ4n) is 2.83. The van der Waals surface area contributed by atoms with Gasteiger partial charge in [-0.15, -0.1) is 11.3 Å². The van der Waals surface area contributed by atoms with Gasteiger partial charge in [-0.05, 0) is 36.3 Å². The van der Waals surface area contributed by atoms with Crippen molar-refractivity contribution < 1.29 is 9.53 Å². The van der Waals surface area contributed by atoms with Crippen molar-refractivity contribution in [3.05, 3.63) is 80.3 Å². The molecule has 0 atom stereocenters. The van der Waals surface area contributed by atoms with Crippen LogP contribution in [-0.2, 0) is 11.2 Å². The molecule has 0 saturated heterocycles. The van der Waals surface area contributed by atoms with Gasteiger partial charge in [0.2, 0.25) is 0 Å². The monoisotopic (exact) mass is 485 g/mol. The molecule has 1 amide bonds. The first-order chi connectivity index (χ1) is 15.5. The normalized spacial score (nSPS) is 11.1. The quantitative estimate of drug-likeness (QED) is 0.206. The molecule has 3 rings (SSSR count). The number of nitriles is 1. The Morgan fingerprint density at radius 1 is 1.28 bits per heavy atom. The predicted molar refractivity (Wildman–Crippen MR) is 130 cm³/mol. The number of nitrogens with zero attached hydrogens (tertiary/aromatic N) is 2. The van der Waals surface area contributed by atoms with Crippen LogP contribution < -0.4 is 10.1 Å². The predicted octanol–water partition coefficient (Wildman–Crippen LogP) is 6.77. The van der Waals surface area contributed by atoms with E-state index in [4.69, 9.17) is 27.9 Å². The van der Waals surface area contributed by atoms with Crippen LogP contribution in [0.3, 0.4) is 0 Å². The van der Waals surface area contributed by atoms with E-state index >= 15 is 0 Å². The molecule has 0 aliphatic rings. The van der Waals surface area contributed by atoms with Crippen molar-refractivity contribution in [2.24, 2.45) is 0 Å². The largest absolute Gasteiger partial charge is 0.493 e. The average molecular weight is 486 g/mol. The zero-order chi connectivity index (χ0) is 22.9. The standard InChI is InChI=1S/C24H21Cl2N3O2S/c1-2-3-10-31-22-7-5-4-6-17(22)11-18(14-27)23(30)29-24-28-15-20(32-24)12-16-8-9-19(25)13-21(16)26/h4-9,11,13,15H,2-3,10,12H2,1H3,(H,28,29,30)/b18-11+. The van der Waals surface area contributed by atoms with Gasteiger partial charge in [0, 0.05) is 33.1 Å². The number of carbonyl (C=O) groups is 1. The van der Waals surface area contributed by atoms with Crippen molar-refractivity contribution >= 4 is 51.7 Å². The summed E-state index contributed by atoms with van der Waals surface area (Å²) in [4.78, 5) is 17.8. The van der Waals surface area contributed by atoms with Crippen LogP contribution in [-0.4, -0.2) is 17.5 Å². The van der Waals surface area contributed by atoms with E-state index < -0.39 is 5.91 Å². The fourth-order valence-corrected chi connectivity index (χ4v) is 4.13. The minimum absolute atomic E-state index is 0.0333. The third kappa shape index (κ3) is 6.57. The van der Waals surface area contributed by atoms with Gasteiger partial charge >= 0.3 is 0 Å². The van der Waals surface area contributed by atoms with E-state index in [-0.39, 0.29) is 5.57 Å². The van der Waals surface area contributed by atoms with Crippen LogP contribution in [0.4, 0.5) is 5.13 Å². The average Bonchev–Trinajstić information content (AvgIpc) is 3.21. The van der Waals surface area contributed by atoms with Gasteiger partial charge in [0.05, 0.1) is 6.61 Å². The number of rotatable bonds is 9. The molecule has 3 aromatic rings. The van der Waals surface area contributed by atoms with Crippen molar-refractivity contribution in [2.75, 3.05) is 11.9 Å². The van der Waals surface area contributed by atoms with Crippen molar-refractivity contribution in [1.29, 1.82) is 5.26 Å². The molecule has 2 aromatic carbocycles. The summed E-state index contributed by atoms with van der Waals surface area (Å²) in [5.41, 5.74) is 1.55. The Morgan fingerprint density at radius 2 is 2.09 bits per heavy atom. The lowest BCUT2D eigenvalue weighted by Crippen LogP contribution is -2.13. The molecular weight excluding hydrogens is 465 g/mol. The highest BCUT2D eigenvalue weighted by molar-refractivity contribution is 7.15. The van der Waals surface area contributed by atoms with Crippen molar-refractivity contribution in [3.63, 3.8) is 0 Å². The van der Waals surface area contributed by atoms with Crippen molar-refractivity contribution in [2.45, 2.75) is 26.2 Å². The summed E-state index contributed by atoms with van der Waals surface area (Å²) >= 11 is 13.5. The zero-order valence-corrected chi connectivity index (χ0v) is 19.7. The second kappa shape index (κ2) is 11.7. The van der Waals surface area contributed by atoms with Crippen LogP contribution in [0.15, 0.2) is 54.2 Å². The Labute approximate surface area is 201 Å². The molecule has 32 heavy (non-hydrogen) atoms. The second-order valence-electron chi connectivity index (χ2n) is 6.91. The van der Waals surface area contributed by atoms with E-state index in [0.717, 1.165) is 23.3 Å². The van der Waals surface area contributed by atoms with Crippen LogP contribution >= 0.6 is 34.5 Å². The number of para-hydroxylation sites is 1. The second-order valence-corrected chi connectivity index (χ2v) is 8.87. The third-order valence-corrected chi connectivity index (χ3v) is 5.99. The number of benzene rings is 2. The first kappa shape index (κ1) is 23.8. The van der Waals surface area contributed by atoms with Gasteiger partial charge < -0.3 is 4.74 Å². The Morgan fingerprint density at radius 3 is 2.84 bits per heavy atom. The molecule has 0 bridgehead atoms. The lowest BCUT2D eigenvalue weighted by molar-refractivity contribution is -0.112. The maximum Gasteiger partial charge on any atom is 0.268 e. The van der Waals surface area contributed by atoms with Gasteiger partial charge in [-0.1, -0.05) is 60.8 Å². The number of amides is 1. The Bertz CT molecular complexity index is 1170. The van der Waals surface area contributed by atoms with Gasteiger partial charge in [-0.25, -0.2) is 4.98 Å². The Kier molecular flexibility index (Phi) is 8.69. The van der Waals surface area contributed by atoms with Gasteiger partial charge in [-0.3, -0.25) is 10.1 Å². The van der Waals surface area contributed by atoms with Gasteiger partial charge in [0.15, 0.2) is 5.13 Å². The van der Waals surface area contributed by atoms with Crippen molar-refractivity contribution in [3.8, 4) is 11.8 Å². The first-order valence-electron chi connectivity index (χ1n) is 10.0. The molecule has 1 N–H and O–H groups in total. The number of halogens is 2. The molecule has 0 aliphatic heterocycles. The van der Waals surface area contributed by atoms with Crippen LogP contribution in [0.1, 0.15) is 35.8 Å². The summed E-state index contributed by atoms with van der Waals surface area (Å²) in [6.07, 6.45) is 5.71. The fraction of sp³-hybridized carbons (Fsp3) is 0.208. The van der Waals surface area contributed by atoms with Crippen molar-refractivity contribution in [1.82, 2.24) is 4.98 Å². The lowest BCUT2D eigenvalue weighted by atomic mass is 10.1. The summed E-state index contributed by atoms with van der Waals surface area (Å²) < 4.78 is 5.78. The van der Waals surface area contributed by atoms with Gasteiger partial charge in [0.25, 0.3) is 5.91 Å². The number of ether oxygens (including phenoxy) is 1. The first-order valence-corrected chi connectivity index (χ1v) is 11.6. The van der Waals surface area contributed by atoms with E-state index in [1.807, 2.05) is 36.4 Å². The van der Waals surface area contributed by atoms with Crippen LogP contribution in [0.2, 0.25) is 10.0 Å². The van der Waals surface area contributed by atoms with E-state index in [1.165, 1.54) is 17.4 Å². The molecule has 0 spiro atoms. The molecule has 8 heteroatoms. The topological polar surface area (TPSA) is 75.0 Å². The Hall–Kier alpha value is -2.85. The number of aromatic nitrogens is 1. The zero-order valence-electron chi connectivity index (χ0n) is 17.4. The number of nitrogens with one attached hydrogen (secondary N) is 1. The number of unbranched alkanes of at least 4 members (excludes halogenated alkanes) is 1. The lowest BCUT2D eigenvalue weighted by Gasteiger charge is -2.09. The maximum absolute atomic E-state index is 12.7. The summed E-state index contributed by atoms with van der Waals surface area (Å²) in [6, 6.07) is 14.6. The third-order valence-electron chi connectivity index (χ3n) is 4.49. The summed E-state index contributed by atoms with van der Waals surface area (Å²) in [5, 5.41) is 13.8. The minimum atomic E-state index is -0.527. The van der Waals surface area contributed by atoms with Gasteiger partial charge in [-0.2, -0.15) is 5.26 Å². The summed E-state index contributed by atoms with van der Waals surface area (Å²) in [6.45, 7) is 2.66. The van der Waals surface area contributed by atoms with E-state index in [2.05, 4.69) is 17.2 Å². The highest BCUT2D eigenvalue weighted by atomic mass is 35.5. The van der Waals surface area contributed by atoms with Crippen LogP contribution in [0.25, 0.3) is 6.08 Å². The molecule has 0 unspecified atom stereocenters. The van der Waals surface area contributed by atoms with E-state index in [9.17, 15) is 10.1 Å². The van der Waals surface area contributed by atoms with Crippen LogP contribution in [0.5, 0.6) is 5.75 Å². The van der Waals surface area contributed by atoms with Gasteiger partial charge in [0.1, 0.15) is 17.4 Å². The smallest absolute Gasteiger partial charge is 0.268 e. The molecule has 0 aliphatic carbocycles. The molecular formula is C24H21Cl2N3O2S. The number of thiazole rings is 1. The molecule has 5 nitrogen and oxygen atoms in total. The highest BCUT2D eigenvalue weighted by Crippen LogP contribution is 2.27. The minimum Gasteiger partial charge on any atom is -0.493 e. The number of anilines is 1. The molecule has 164 valence electrons. The molecule has 0 radical (unpaired) electrons. The molecule has 1 heterocycles. The number of carbonyl (C=O) groups excluding carboxylic acids is 1. The summed E-state index contributed by atoms with van der Waals surface area (Å²) in [5.74, 6) is 0.110. The van der Waals surface area contributed by atoms with Crippen LogP contribution in [0, 0.1) is 11.3 Å². The molecule has 0 saturated carbocycles.